The predicted molar refractivity (Wildman–Crippen MR) is 170 cm³/mol. The summed E-state index contributed by atoms with van der Waals surface area (Å²) >= 11 is 0. The zero-order valence-electron chi connectivity index (χ0n) is 26.9. The molecular formula is C38H25N3. The molecule has 0 saturated heterocycles. The quantitative estimate of drug-likeness (QED) is 0.213. The molecule has 3 nitrogen and oxygen atoms in total. The SMILES string of the molecule is [2H]c1c([2H])c([2H])c(-c2nc3ccccc3n2-c2c3ccccc3c(-c3cccc(-c4ccccn4)c3)c3ccccc23)c([2H])c1[2H]. The van der Waals surface area contributed by atoms with E-state index in [4.69, 9.17) is 11.8 Å². The molecule has 2 aromatic heterocycles. The van der Waals surface area contributed by atoms with E-state index in [-0.39, 0.29) is 17.6 Å². The molecule has 8 rings (SSSR count). The third kappa shape index (κ3) is 3.82. The number of rotatable bonds is 4. The fraction of sp³-hybridized carbons (Fsp3) is 0. The summed E-state index contributed by atoms with van der Waals surface area (Å²) in [6.07, 6.45) is 1.80. The van der Waals surface area contributed by atoms with Gasteiger partial charge < -0.3 is 0 Å². The van der Waals surface area contributed by atoms with Gasteiger partial charge in [0.1, 0.15) is 5.82 Å². The largest absolute Gasteiger partial charge is 0.291 e. The van der Waals surface area contributed by atoms with Crippen molar-refractivity contribution in [1.29, 1.82) is 0 Å². The van der Waals surface area contributed by atoms with Gasteiger partial charge >= 0.3 is 0 Å². The lowest BCUT2D eigenvalue weighted by Gasteiger charge is -2.20. The van der Waals surface area contributed by atoms with Gasteiger partial charge in [-0.2, -0.15) is 0 Å². The molecule has 41 heavy (non-hydrogen) atoms. The van der Waals surface area contributed by atoms with E-state index in [1.54, 1.807) is 6.20 Å². The van der Waals surface area contributed by atoms with Crippen LogP contribution in [0.3, 0.4) is 0 Å². The van der Waals surface area contributed by atoms with Gasteiger partial charge in [-0.15, -0.1) is 0 Å². The Hall–Kier alpha value is -5.54. The van der Waals surface area contributed by atoms with Crippen LogP contribution in [0.25, 0.3) is 72.0 Å². The van der Waals surface area contributed by atoms with Crippen LogP contribution in [0.5, 0.6) is 0 Å². The molecule has 0 bridgehead atoms. The molecule has 0 amide bonds. The number of fused-ring (bicyclic) bond motifs is 3. The second kappa shape index (κ2) is 9.58. The highest BCUT2D eigenvalue weighted by atomic mass is 15.1. The highest BCUT2D eigenvalue weighted by Gasteiger charge is 2.21. The monoisotopic (exact) mass is 528 g/mol. The number of hydrogen-bond donors (Lipinski definition) is 0. The van der Waals surface area contributed by atoms with Gasteiger partial charge in [-0.25, -0.2) is 4.98 Å². The van der Waals surface area contributed by atoms with E-state index >= 15 is 0 Å². The maximum Gasteiger partial charge on any atom is 0.145 e. The zero-order valence-corrected chi connectivity index (χ0v) is 21.9. The summed E-state index contributed by atoms with van der Waals surface area (Å²) in [5, 5.41) is 3.91. The van der Waals surface area contributed by atoms with Crippen LogP contribution < -0.4 is 0 Å². The molecule has 0 aliphatic heterocycles. The summed E-state index contributed by atoms with van der Waals surface area (Å²) in [4.78, 5) is 9.50. The molecule has 0 spiro atoms. The lowest BCUT2D eigenvalue weighted by Crippen LogP contribution is -2.01. The minimum atomic E-state index is -0.436. The zero-order chi connectivity index (χ0) is 31.5. The molecule has 2 heterocycles. The molecule has 8 aromatic rings. The van der Waals surface area contributed by atoms with E-state index in [1.807, 2.05) is 71.3 Å². The number of benzene rings is 6. The van der Waals surface area contributed by atoms with Crippen molar-refractivity contribution in [2.75, 3.05) is 0 Å². The Morgan fingerprint density at radius 1 is 0.561 bits per heavy atom. The molecule has 0 aliphatic rings. The Morgan fingerprint density at radius 2 is 1.22 bits per heavy atom. The van der Waals surface area contributed by atoms with Crippen LogP contribution in [-0.2, 0) is 0 Å². The molecule has 0 N–H and O–H groups in total. The molecule has 0 aliphatic carbocycles. The minimum absolute atomic E-state index is 0.0579. The summed E-state index contributed by atoms with van der Waals surface area (Å²) in [5.41, 5.74) is 6.33. The number of aromatic nitrogens is 3. The average Bonchev–Trinajstić information content (AvgIpc) is 3.47. The highest BCUT2D eigenvalue weighted by Crippen LogP contribution is 2.43. The van der Waals surface area contributed by atoms with Gasteiger partial charge in [0.25, 0.3) is 0 Å². The number of hydrogen-bond acceptors (Lipinski definition) is 2. The Morgan fingerprint density at radius 3 is 1.95 bits per heavy atom. The maximum absolute atomic E-state index is 8.84. The number of para-hydroxylation sites is 2. The van der Waals surface area contributed by atoms with Crippen molar-refractivity contribution >= 4 is 32.6 Å². The molecule has 0 unspecified atom stereocenters. The predicted octanol–water partition coefficient (Wildman–Crippen LogP) is 9.73. The summed E-state index contributed by atoms with van der Waals surface area (Å²) in [6.45, 7) is 0. The minimum Gasteiger partial charge on any atom is -0.291 e. The van der Waals surface area contributed by atoms with Crippen molar-refractivity contribution in [3.63, 3.8) is 0 Å². The maximum atomic E-state index is 8.84. The summed E-state index contributed by atoms with van der Waals surface area (Å²) in [7, 11) is 0. The fourth-order valence-corrected chi connectivity index (χ4v) is 5.81. The van der Waals surface area contributed by atoms with Gasteiger partial charge in [0.2, 0.25) is 0 Å². The first-order valence-electron chi connectivity index (χ1n) is 15.9. The molecule has 192 valence electrons. The number of nitrogens with zero attached hydrogens (tertiary/aromatic N) is 3. The Kier molecular flexibility index (Phi) is 4.37. The van der Waals surface area contributed by atoms with Crippen molar-refractivity contribution < 1.29 is 6.85 Å². The van der Waals surface area contributed by atoms with Crippen LogP contribution in [0.15, 0.2) is 152 Å². The standard InChI is InChI=1S/C38H25N3/c1-2-13-26(14-3-1)38-40-34-22-8-9-23-35(34)41(38)37-31-19-6-4-17-29(31)36(30-18-5-7-20-32(30)37)28-16-12-15-27(25-28)33-21-10-11-24-39-33/h1-25H/i1D,2D,3D,13D,14D. The second-order valence-corrected chi connectivity index (χ2v) is 9.87. The average molecular weight is 529 g/mol. The topological polar surface area (TPSA) is 30.7 Å². The van der Waals surface area contributed by atoms with Crippen LogP contribution in [-0.4, -0.2) is 14.5 Å². The van der Waals surface area contributed by atoms with E-state index in [1.165, 1.54) is 0 Å². The van der Waals surface area contributed by atoms with Gasteiger partial charge in [0.15, 0.2) is 0 Å². The van der Waals surface area contributed by atoms with Crippen molar-refractivity contribution in [3.05, 3.63) is 152 Å². The summed E-state index contributed by atoms with van der Waals surface area (Å²) in [6, 6.07) is 36.5. The molecule has 6 aromatic carbocycles. The lowest BCUT2D eigenvalue weighted by molar-refractivity contribution is 1.13. The fourth-order valence-electron chi connectivity index (χ4n) is 5.81. The first-order chi connectivity index (χ1) is 22.4. The Balaban J connectivity index is 1.51. The van der Waals surface area contributed by atoms with Crippen molar-refractivity contribution in [2.24, 2.45) is 0 Å². The first kappa shape index (κ1) is 18.7. The van der Waals surface area contributed by atoms with E-state index in [0.29, 0.717) is 11.3 Å². The molecule has 0 fully saturated rings. The second-order valence-electron chi connectivity index (χ2n) is 9.87. The van der Waals surface area contributed by atoms with Gasteiger partial charge in [-0.05, 0) is 52.2 Å². The van der Waals surface area contributed by atoms with Crippen molar-refractivity contribution in [1.82, 2.24) is 14.5 Å². The van der Waals surface area contributed by atoms with Crippen LogP contribution >= 0.6 is 0 Å². The lowest BCUT2D eigenvalue weighted by atomic mass is 9.89. The molecule has 0 atom stereocenters. The summed E-state index contributed by atoms with van der Waals surface area (Å²) < 4.78 is 44.6. The third-order valence-electron chi connectivity index (χ3n) is 7.52. The van der Waals surface area contributed by atoms with Gasteiger partial charge in [0, 0.05) is 28.1 Å². The smallest absolute Gasteiger partial charge is 0.145 e. The Bertz CT molecular complexity index is 2400. The van der Waals surface area contributed by atoms with E-state index < -0.39 is 18.1 Å². The van der Waals surface area contributed by atoms with Crippen molar-refractivity contribution in [3.8, 4) is 39.5 Å². The normalized spacial score (nSPS) is 13.1. The van der Waals surface area contributed by atoms with Gasteiger partial charge in [-0.3, -0.25) is 9.55 Å². The first-order valence-corrected chi connectivity index (χ1v) is 13.4. The van der Waals surface area contributed by atoms with Crippen LogP contribution in [0.4, 0.5) is 0 Å². The number of imidazole rings is 1. The molecule has 0 saturated carbocycles. The van der Waals surface area contributed by atoms with Crippen LogP contribution in [0, 0.1) is 0 Å². The van der Waals surface area contributed by atoms with E-state index in [2.05, 4.69) is 53.5 Å². The molecular weight excluding hydrogens is 498 g/mol. The third-order valence-corrected chi connectivity index (χ3v) is 7.52. The van der Waals surface area contributed by atoms with Crippen LogP contribution in [0.1, 0.15) is 6.85 Å². The van der Waals surface area contributed by atoms with Crippen LogP contribution in [0.2, 0.25) is 0 Å². The summed E-state index contributed by atoms with van der Waals surface area (Å²) in [5.74, 6) is 0.290. The highest BCUT2D eigenvalue weighted by molar-refractivity contribution is 6.19. The van der Waals surface area contributed by atoms with Gasteiger partial charge in [0.05, 0.1) is 29.3 Å². The molecule has 3 heteroatoms. The van der Waals surface area contributed by atoms with E-state index in [0.717, 1.165) is 55.1 Å². The van der Waals surface area contributed by atoms with Crippen molar-refractivity contribution in [2.45, 2.75) is 0 Å². The number of pyridine rings is 1. The van der Waals surface area contributed by atoms with Gasteiger partial charge in [-0.1, -0.05) is 115 Å². The molecule has 0 radical (unpaired) electrons. The Labute approximate surface area is 245 Å². The van der Waals surface area contributed by atoms with E-state index in [9.17, 15) is 0 Å².